The number of methoxy groups -OCH3 is 1. The third-order valence-electron chi connectivity index (χ3n) is 7.76. The number of alkyl halides is 2. The molecule has 0 spiro atoms. The molecule has 4 nitrogen and oxygen atoms in total. The van der Waals surface area contributed by atoms with Crippen LogP contribution in [0.5, 0.6) is 11.6 Å². The number of aromatic nitrogens is 1. The predicted molar refractivity (Wildman–Crippen MR) is 134 cm³/mol. The SMILES string of the molecule is COc1cc(OCCCCCCF)ncc1[C@@H]1C2=C(C[C@@H](C)N1CC1(F)CC1)c1ccccc1C2. The van der Waals surface area contributed by atoms with Crippen molar-refractivity contribution < 1.29 is 18.3 Å². The second-order valence-corrected chi connectivity index (χ2v) is 10.3. The van der Waals surface area contributed by atoms with Gasteiger partial charge in [-0.3, -0.25) is 9.29 Å². The van der Waals surface area contributed by atoms with Crippen LogP contribution in [0.1, 0.15) is 74.6 Å². The highest BCUT2D eigenvalue weighted by Crippen LogP contribution is 2.52. The summed E-state index contributed by atoms with van der Waals surface area (Å²) in [5, 5.41) is 0. The molecule has 0 N–H and O–H groups in total. The van der Waals surface area contributed by atoms with Gasteiger partial charge >= 0.3 is 0 Å². The quantitative estimate of drug-likeness (QED) is 0.336. The molecule has 188 valence electrons. The highest BCUT2D eigenvalue weighted by Gasteiger charge is 2.49. The average Bonchev–Trinajstić information content (AvgIpc) is 3.49. The summed E-state index contributed by atoms with van der Waals surface area (Å²) >= 11 is 0. The molecule has 1 fully saturated rings. The van der Waals surface area contributed by atoms with E-state index in [1.165, 1.54) is 22.3 Å². The first kappa shape index (κ1) is 24.2. The lowest BCUT2D eigenvalue weighted by atomic mass is 9.85. The van der Waals surface area contributed by atoms with Crippen LogP contribution in [0, 0.1) is 0 Å². The van der Waals surface area contributed by atoms with E-state index in [-0.39, 0.29) is 18.8 Å². The van der Waals surface area contributed by atoms with Crippen molar-refractivity contribution in [2.75, 3.05) is 26.9 Å². The van der Waals surface area contributed by atoms with Crippen molar-refractivity contribution in [3.05, 3.63) is 58.8 Å². The van der Waals surface area contributed by atoms with Crippen LogP contribution in [0.4, 0.5) is 8.78 Å². The number of pyridine rings is 1. The number of hydrogen-bond donors (Lipinski definition) is 0. The molecule has 2 atom stereocenters. The van der Waals surface area contributed by atoms with E-state index in [4.69, 9.17) is 9.47 Å². The molecule has 0 amide bonds. The summed E-state index contributed by atoms with van der Waals surface area (Å²) in [5.41, 5.74) is 5.31. The maximum Gasteiger partial charge on any atom is 0.216 e. The van der Waals surface area contributed by atoms with Gasteiger partial charge < -0.3 is 9.47 Å². The molecule has 0 saturated heterocycles. The standard InChI is InChI=1S/C29H36F2N2O2/c1-20-15-23-22-10-6-5-9-21(22)16-24(23)28(33(20)19-29(31)11-12-29)25-18-32-27(17-26(25)34-2)35-14-8-4-3-7-13-30/h5-6,9-10,17-18,20,28H,3-4,7-8,11-16,19H2,1-2H3/t20-,28+/m1/s1. The maximum absolute atomic E-state index is 15.1. The number of ether oxygens (including phenoxy) is 2. The lowest BCUT2D eigenvalue weighted by molar-refractivity contribution is 0.0999. The van der Waals surface area contributed by atoms with Gasteiger partial charge in [-0.05, 0) is 74.1 Å². The highest BCUT2D eigenvalue weighted by atomic mass is 19.1. The zero-order chi connectivity index (χ0) is 24.4. The van der Waals surface area contributed by atoms with Crippen LogP contribution in [0.15, 0.2) is 42.1 Å². The number of rotatable bonds is 11. The van der Waals surface area contributed by atoms with E-state index in [1.54, 1.807) is 7.11 Å². The van der Waals surface area contributed by atoms with E-state index in [2.05, 4.69) is 41.1 Å². The third kappa shape index (κ3) is 5.09. The van der Waals surface area contributed by atoms with Crippen LogP contribution in [0.25, 0.3) is 5.57 Å². The predicted octanol–water partition coefficient (Wildman–Crippen LogP) is 6.65. The molecule has 1 aliphatic heterocycles. The Hall–Kier alpha value is -2.47. The molecule has 2 aromatic rings. The van der Waals surface area contributed by atoms with Crippen LogP contribution in [-0.4, -0.2) is 48.5 Å². The summed E-state index contributed by atoms with van der Waals surface area (Å²) in [6.07, 6.45) is 8.24. The Bertz CT molecular complexity index is 1080. The van der Waals surface area contributed by atoms with E-state index in [0.717, 1.165) is 43.4 Å². The number of hydrogen-bond acceptors (Lipinski definition) is 4. The van der Waals surface area contributed by atoms with E-state index in [0.29, 0.717) is 38.3 Å². The summed E-state index contributed by atoms with van der Waals surface area (Å²) in [6.45, 7) is 2.93. The molecule has 1 aromatic heterocycles. The van der Waals surface area contributed by atoms with Gasteiger partial charge in [-0.25, -0.2) is 9.37 Å². The average molecular weight is 483 g/mol. The fraction of sp³-hybridized carbons (Fsp3) is 0.552. The summed E-state index contributed by atoms with van der Waals surface area (Å²) in [5.74, 6) is 1.25. The molecular weight excluding hydrogens is 446 g/mol. The van der Waals surface area contributed by atoms with Gasteiger partial charge in [0.15, 0.2) is 0 Å². The molecule has 0 bridgehead atoms. The Labute approximate surface area is 207 Å². The van der Waals surface area contributed by atoms with Crippen LogP contribution in [0.3, 0.4) is 0 Å². The zero-order valence-corrected chi connectivity index (χ0v) is 20.9. The van der Waals surface area contributed by atoms with Crippen molar-refractivity contribution in [3.63, 3.8) is 0 Å². The molecule has 2 aliphatic carbocycles. The Morgan fingerprint density at radius 2 is 1.94 bits per heavy atom. The largest absolute Gasteiger partial charge is 0.496 e. The van der Waals surface area contributed by atoms with Gasteiger partial charge in [-0.2, -0.15) is 0 Å². The Morgan fingerprint density at radius 1 is 1.14 bits per heavy atom. The number of unbranched alkanes of at least 4 members (excludes halogenated alkanes) is 3. The van der Waals surface area contributed by atoms with Gasteiger partial charge in [0.25, 0.3) is 0 Å². The molecule has 5 rings (SSSR count). The molecular formula is C29H36F2N2O2. The van der Waals surface area contributed by atoms with Crippen molar-refractivity contribution in [2.45, 2.75) is 76.0 Å². The van der Waals surface area contributed by atoms with Crippen molar-refractivity contribution in [1.82, 2.24) is 9.88 Å². The smallest absolute Gasteiger partial charge is 0.216 e. The van der Waals surface area contributed by atoms with Gasteiger partial charge in [0, 0.05) is 30.4 Å². The minimum Gasteiger partial charge on any atom is -0.496 e. The van der Waals surface area contributed by atoms with Gasteiger partial charge in [-0.1, -0.05) is 30.7 Å². The molecule has 1 saturated carbocycles. The Kier molecular flexibility index (Phi) is 7.10. The third-order valence-corrected chi connectivity index (χ3v) is 7.76. The molecule has 3 aliphatic rings. The van der Waals surface area contributed by atoms with E-state index >= 15 is 4.39 Å². The van der Waals surface area contributed by atoms with E-state index in [1.807, 2.05) is 12.3 Å². The Morgan fingerprint density at radius 3 is 2.71 bits per heavy atom. The molecule has 1 aromatic carbocycles. The maximum atomic E-state index is 15.1. The second kappa shape index (κ2) is 10.3. The van der Waals surface area contributed by atoms with Crippen molar-refractivity contribution in [3.8, 4) is 11.6 Å². The summed E-state index contributed by atoms with van der Waals surface area (Å²) < 4.78 is 39.1. The minimum atomic E-state index is -1.08. The lowest BCUT2D eigenvalue weighted by Crippen LogP contribution is -2.44. The van der Waals surface area contributed by atoms with E-state index in [9.17, 15) is 4.39 Å². The first-order valence-electron chi connectivity index (χ1n) is 13.0. The van der Waals surface area contributed by atoms with Crippen LogP contribution in [0.2, 0.25) is 0 Å². The topological polar surface area (TPSA) is 34.6 Å². The molecule has 6 heteroatoms. The molecule has 35 heavy (non-hydrogen) atoms. The number of fused-ring (bicyclic) bond motifs is 2. The van der Waals surface area contributed by atoms with E-state index < -0.39 is 5.67 Å². The summed E-state index contributed by atoms with van der Waals surface area (Å²) in [6, 6.07) is 10.6. The summed E-state index contributed by atoms with van der Waals surface area (Å²) in [7, 11) is 1.67. The van der Waals surface area contributed by atoms with Gasteiger partial charge in [0.1, 0.15) is 11.4 Å². The number of benzene rings is 1. The van der Waals surface area contributed by atoms with Gasteiger partial charge in [0.2, 0.25) is 5.88 Å². The monoisotopic (exact) mass is 482 g/mol. The van der Waals surface area contributed by atoms with Gasteiger partial charge in [0.05, 0.1) is 26.4 Å². The molecule has 2 heterocycles. The zero-order valence-electron chi connectivity index (χ0n) is 20.9. The highest BCUT2D eigenvalue weighted by molar-refractivity contribution is 5.79. The van der Waals surface area contributed by atoms with Gasteiger partial charge in [-0.15, -0.1) is 0 Å². The van der Waals surface area contributed by atoms with Crippen LogP contribution in [-0.2, 0) is 6.42 Å². The normalized spacial score (nSPS) is 22.6. The van der Waals surface area contributed by atoms with Crippen molar-refractivity contribution >= 4 is 5.57 Å². The lowest BCUT2D eigenvalue weighted by Gasteiger charge is -2.43. The molecule has 0 radical (unpaired) electrons. The molecule has 0 unspecified atom stereocenters. The second-order valence-electron chi connectivity index (χ2n) is 10.3. The Balaban J connectivity index is 1.43. The fourth-order valence-corrected chi connectivity index (χ4v) is 5.68. The number of halogens is 2. The fourth-order valence-electron chi connectivity index (χ4n) is 5.68. The number of nitrogens with zero attached hydrogens (tertiary/aromatic N) is 2. The van der Waals surface area contributed by atoms with Crippen molar-refractivity contribution in [1.29, 1.82) is 0 Å². The van der Waals surface area contributed by atoms with Crippen LogP contribution >= 0.6 is 0 Å². The van der Waals surface area contributed by atoms with Crippen LogP contribution < -0.4 is 9.47 Å². The minimum absolute atomic E-state index is 0.0772. The van der Waals surface area contributed by atoms with Crippen molar-refractivity contribution in [2.24, 2.45) is 0 Å². The first-order valence-corrected chi connectivity index (χ1v) is 13.0. The summed E-state index contributed by atoms with van der Waals surface area (Å²) in [4.78, 5) is 6.96. The first-order chi connectivity index (χ1) is 17.0.